The van der Waals surface area contributed by atoms with Crippen LogP contribution in [0.15, 0.2) is 30.3 Å². The second kappa shape index (κ2) is 6.40. The van der Waals surface area contributed by atoms with Gasteiger partial charge in [0.1, 0.15) is 6.04 Å². The first-order chi connectivity index (χ1) is 11.1. The van der Waals surface area contributed by atoms with Gasteiger partial charge in [0.2, 0.25) is 11.8 Å². The third kappa shape index (κ3) is 3.21. The molecule has 0 spiro atoms. The Hall–Kier alpha value is -2.37. The summed E-state index contributed by atoms with van der Waals surface area (Å²) in [5.74, 6) is -1.62. The van der Waals surface area contributed by atoms with Crippen LogP contribution in [-0.2, 0) is 20.9 Å². The van der Waals surface area contributed by atoms with Crippen molar-refractivity contribution in [3.63, 3.8) is 0 Å². The molecule has 0 saturated carbocycles. The van der Waals surface area contributed by atoms with E-state index in [1.807, 2.05) is 30.3 Å². The molecule has 2 amide bonds. The average Bonchev–Trinajstić information content (AvgIpc) is 3.15. The number of carbonyl (C=O) groups is 3. The van der Waals surface area contributed by atoms with E-state index in [0.29, 0.717) is 32.5 Å². The van der Waals surface area contributed by atoms with Gasteiger partial charge < -0.3 is 14.9 Å². The van der Waals surface area contributed by atoms with Gasteiger partial charge in [0.05, 0.1) is 5.92 Å². The Morgan fingerprint density at radius 1 is 1.22 bits per heavy atom. The highest BCUT2D eigenvalue weighted by molar-refractivity contribution is 5.91. The lowest BCUT2D eigenvalue weighted by Crippen LogP contribution is -2.44. The summed E-state index contributed by atoms with van der Waals surface area (Å²) in [4.78, 5) is 39.1. The molecule has 122 valence electrons. The Balaban J connectivity index is 1.65. The predicted molar refractivity (Wildman–Crippen MR) is 82.3 cm³/mol. The van der Waals surface area contributed by atoms with E-state index in [0.717, 1.165) is 5.56 Å². The molecule has 0 aliphatic carbocycles. The van der Waals surface area contributed by atoms with Gasteiger partial charge in [0, 0.05) is 26.1 Å². The summed E-state index contributed by atoms with van der Waals surface area (Å²) < 4.78 is 0. The number of hydrogen-bond acceptors (Lipinski definition) is 3. The van der Waals surface area contributed by atoms with Gasteiger partial charge in [-0.05, 0) is 18.4 Å². The highest BCUT2D eigenvalue weighted by atomic mass is 16.4. The molecule has 1 aromatic rings. The van der Waals surface area contributed by atoms with E-state index in [1.165, 1.54) is 4.90 Å². The first kappa shape index (κ1) is 15.5. The number of likely N-dealkylation sites (tertiary alicyclic amines) is 2. The molecule has 2 fully saturated rings. The summed E-state index contributed by atoms with van der Waals surface area (Å²) in [6.07, 6.45) is 1.38. The van der Waals surface area contributed by atoms with Crippen LogP contribution in [0.1, 0.15) is 24.8 Å². The molecule has 2 aliphatic heterocycles. The van der Waals surface area contributed by atoms with Gasteiger partial charge in [-0.15, -0.1) is 0 Å². The highest BCUT2D eigenvalue weighted by Crippen LogP contribution is 2.26. The molecule has 6 heteroatoms. The standard InChI is InChI=1S/C17H20N2O4/c20-15-9-13(11-18(15)10-12-5-2-1-3-6-12)16(21)19-8-4-7-14(19)17(22)23/h1-3,5-6,13-14H,4,7-11H2,(H,22,23)/t13?,14-/m1/s1. The van der Waals surface area contributed by atoms with Crippen molar-refractivity contribution >= 4 is 17.8 Å². The van der Waals surface area contributed by atoms with E-state index in [2.05, 4.69) is 0 Å². The average molecular weight is 316 g/mol. The lowest BCUT2D eigenvalue weighted by Gasteiger charge is -2.24. The number of hydrogen-bond donors (Lipinski definition) is 1. The van der Waals surface area contributed by atoms with Gasteiger partial charge >= 0.3 is 5.97 Å². The maximum absolute atomic E-state index is 12.6. The Morgan fingerprint density at radius 2 is 1.96 bits per heavy atom. The van der Waals surface area contributed by atoms with Crippen LogP contribution in [0.25, 0.3) is 0 Å². The lowest BCUT2D eigenvalue weighted by atomic mass is 10.1. The van der Waals surface area contributed by atoms with Crippen LogP contribution >= 0.6 is 0 Å². The van der Waals surface area contributed by atoms with Crippen molar-refractivity contribution in [1.82, 2.24) is 9.80 Å². The Kier molecular flexibility index (Phi) is 4.32. The van der Waals surface area contributed by atoms with Crippen LogP contribution in [-0.4, -0.2) is 51.8 Å². The molecule has 23 heavy (non-hydrogen) atoms. The molecule has 2 heterocycles. The number of carboxylic acid groups (broad SMARTS) is 1. The van der Waals surface area contributed by atoms with Crippen LogP contribution in [0.4, 0.5) is 0 Å². The minimum absolute atomic E-state index is 0.0433. The first-order valence-electron chi connectivity index (χ1n) is 7.91. The maximum Gasteiger partial charge on any atom is 0.326 e. The summed E-state index contributed by atoms with van der Waals surface area (Å²) in [6.45, 7) is 1.33. The van der Waals surface area contributed by atoms with Crippen molar-refractivity contribution in [3.05, 3.63) is 35.9 Å². The van der Waals surface area contributed by atoms with Crippen LogP contribution in [0.3, 0.4) is 0 Å². The fourth-order valence-electron chi connectivity index (χ4n) is 3.42. The summed E-state index contributed by atoms with van der Waals surface area (Å²) in [7, 11) is 0. The van der Waals surface area contributed by atoms with Crippen LogP contribution in [0.2, 0.25) is 0 Å². The topological polar surface area (TPSA) is 77.9 Å². The van der Waals surface area contributed by atoms with Crippen molar-refractivity contribution in [2.45, 2.75) is 31.8 Å². The Morgan fingerprint density at radius 3 is 2.65 bits per heavy atom. The minimum atomic E-state index is -0.957. The van der Waals surface area contributed by atoms with E-state index in [-0.39, 0.29) is 18.2 Å². The number of rotatable bonds is 4. The van der Waals surface area contributed by atoms with E-state index >= 15 is 0 Å². The van der Waals surface area contributed by atoms with E-state index < -0.39 is 17.9 Å². The van der Waals surface area contributed by atoms with Gasteiger partial charge in [0.15, 0.2) is 0 Å². The second-order valence-electron chi connectivity index (χ2n) is 6.19. The lowest BCUT2D eigenvalue weighted by molar-refractivity contribution is -0.149. The number of carbonyl (C=O) groups excluding carboxylic acids is 2. The van der Waals surface area contributed by atoms with Crippen molar-refractivity contribution in [2.24, 2.45) is 5.92 Å². The van der Waals surface area contributed by atoms with E-state index in [1.54, 1.807) is 4.90 Å². The van der Waals surface area contributed by atoms with Crippen molar-refractivity contribution in [2.75, 3.05) is 13.1 Å². The monoisotopic (exact) mass is 316 g/mol. The number of benzene rings is 1. The fraction of sp³-hybridized carbons (Fsp3) is 0.471. The van der Waals surface area contributed by atoms with Crippen molar-refractivity contribution in [1.29, 1.82) is 0 Å². The molecule has 2 atom stereocenters. The van der Waals surface area contributed by atoms with Crippen molar-refractivity contribution < 1.29 is 19.5 Å². The molecule has 1 aromatic carbocycles. The molecule has 0 aromatic heterocycles. The molecule has 2 aliphatic rings. The zero-order valence-electron chi connectivity index (χ0n) is 12.9. The normalized spacial score (nSPS) is 24.3. The number of nitrogens with zero attached hydrogens (tertiary/aromatic N) is 2. The van der Waals surface area contributed by atoms with E-state index in [9.17, 15) is 19.5 Å². The summed E-state index contributed by atoms with van der Waals surface area (Å²) in [5, 5.41) is 9.20. The Labute approximate surface area is 134 Å². The van der Waals surface area contributed by atoms with Crippen LogP contribution < -0.4 is 0 Å². The zero-order valence-corrected chi connectivity index (χ0v) is 12.9. The fourth-order valence-corrected chi connectivity index (χ4v) is 3.42. The molecule has 1 unspecified atom stereocenters. The second-order valence-corrected chi connectivity index (χ2v) is 6.19. The third-order valence-electron chi connectivity index (χ3n) is 4.60. The molecule has 0 radical (unpaired) electrons. The molecule has 3 rings (SSSR count). The van der Waals surface area contributed by atoms with Crippen LogP contribution in [0.5, 0.6) is 0 Å². The third-order valence-corrected chi connectivity index (χ3v) is 4.60. The summed E-state index contributed by atoms with van der Waals surface area (Å²) in [6, 6.07) is 8.91. The van der Waals surface area contributed by atoms with Gasteiger partial charge in [-0.1, -0.05) is 30.3 Å². The number of aliphatic carboxylic acids is 1. The first-order valence-corrected chi connectivity index (χ1v) is 7.91. The molecule has 1 N–H and O–H groups in total. The van der Waals surface area contributed by atoms with E-state index in [4.69, 9.17) is 0 Å². The Bertz CT molecular complexity index is 616. The predicted octanol–water partition coefficient (Wildman–Crippen LogP) is 1.11. The molecular weight excluding hydrogens is 296 g/mol. The summed E-state index contributed by atoms with van der Waals surface area (Å²) in [5.41, 5.74) is 1.03. The largest absolute Gasteiger partial charge is 0.480 e. The van der Waals surface area contributed by atoms with Gasteiger partial charge in [0.25, 0.3) is 0 Å². The molecule has 2 saturated heterocycles. The van der Waals surface area contributed by atoms with Crippen LogP contribution in [0, 0.1) is 5.92 Å². The number of carboxylic acids is 1. The smallest absolute Gasteiger partial charge is 0.326 e. The molecular formula is C17H20N2O4. The molecule has 0 bridgehead atoms. The zero-order chi connectivity index (χ0) is 16.4. The molecule has 6 nitrogen and oxygen atoms in total. The minimum Gasteiger partial charge on any atom is -0.480 e. The highest BCUT2D eigenvalue weighted by Gasteiger charge is 2.41. The van der Waals surface area contributed by atoms with Gasteiger partial charge in [-0.25, -0.2) is 4.79 Å². The van der Waals surface area contributed by atoms with Gasteiger partial charge in [-0.2, -0.15) is 0 Å². The SMILES string of the molecule is O=C(O)[C@H]1CCCN1C(=O)C1CC(=O)N(Cc2ccccc2)C1. The number of amides is 2. The maximum atomic E-state index is 12.6. The quantitative estimate of drug-likeness (QED) is 0.902. The van der Waals surface area contributed by atoms with Gasteiger partial charge in [-0.3, -0.25) is 9.59 Å². The summed E-state index contributed by atoms with van der Waals surface area (Å²) >= 11 is 0. The van der Waals surface area contributed by atoms with Crippen molar-refractivity contribution in [3.8, 4) is 0 Å².